The molecule has 0 aliphatic carbocycles. The summed E-state index contributed by atoms with van der Waals surface area (Å²) in [5, 5.41) is 11.6. The summed E-state index contributed by atoms with van der Waals surface area (Å²) in [7, 11) is -5.63. The van der Waals surface area contributed by atoms with E-state index < -0.39 is 47.9 Å². The van der Waals surface area contributed by atoms with Gasteiger partial charge in [0, 0.05) is 0 Å². The summed E-state index contributed by atoms with van der Waals surface area (Å²) in [5.41, 5.74) is -1.74. The van der Waals surface area contributed by atoms with E-state index in [0.717, 1.165) is 17.3 Å². The van der Waals surface area contributed by atoms with Gasteiger partial charge < -0.3 is 18.6 Å². The maximum Gasteiger partial charge on any atom is 0.459 e. The maximum absolute atomic E-state index is 15.3. The van der Waals surface area contributed by atoms with Crippen LogP contribution in [0.2, 0.25) is 0 Å². The average Bonchev–Trinajstić information content (AvgIpc) is 3.04. The Balaban J connectivity index is 2.20. The zero-order valence-electron chi connectivity index (χ0n) is 19.3. The average molecular weight is 496 g/mol. The highest BCUT2D eigenvalue weighted by atomic mass is 32.3. The van der Waals surface area contributed by atoms with Gasteiger partial charge in [-0.05, 0) is 43.2 Å². The first-order valence-electron chi connectivity index (χ1n) is 10.7. The lowest BCUT2D eigenvalue weighted by atomic mass is 10.0. The van der Waals surface area contributed by atoms with Gasteiger partial charge in [-0.25, -0.2) is 8.96 Å². The number of hydrogen-bond acceptors (Lipinski definition) is 6. The van der Waals surface area contributed by atoms with Gasteiger partial charge in [-0.3, -0.25) is 9.32 Å². The lowest BCUT2D eigenvalue weighted by Crippen LogP contribution is -2.43. The minimum atomic E-state index is -4.13. The summed E-state index contributed by atoms with van der Waals surface area (Å²) in [6.45, 7) is 8.36. The van der Waals surface area contributed by atoms with Crippen LogP contribution in [0.4, 0.5) is 4.39 Å². The molecule has 2 rings (SSSR count). The third-order valence-corrected chi connectivity index (χ3v) is 10.9. The number of hydrogen-bond donors (Lipinski definition) is 2. The molecule has 1 aliphatic rings. The lowest BCUT2D eigenvalue weighted by Gasteiger charge is -2.42. The van der Waals surface area contributed by atoms with Crippen molar-refractivity contribution >= 4 is 24.0 Å². The van der Waals surface area contributed by atoms with Crippen LogP contribution in [-0.2, 0) is 22.8 Å². The van der Waals surface area contributed by atoms with Gasteiger partial charge in [-0.2, -0.15) is 5.09 Å². The Labute approximate surface area is 191 Å². The van der Waals surface area contributed by atoms with Crippen LogP contribution in [0.15, 0.2) is 30.3 Å². The number of aliphatic carboxylic acids is 1. The van der Waals surface area contributed by atoms with Crippen molar-refractivity contribution < 1.29 is 36.8 Å². The number of carboxylic acid groups (broad SMARTS) is 1. The molecular weight excluding hydrogens is 460 g/mol. The first kappa shape index (κ1) is 27.1. The first-order valence-corrected chi connectivity index (χ1v) is 14.4. The van der Waals surface area contributed by atoms with Crippen LogP contribution in [0.25, 0.3) is 0 Å². The van der Waals surface area contributed by atoms with Crippen molar-refractivity contribution in [2.45, 2.75) is 58.5 Å². The predicted octanol–water partition coefficient (Wildman–Crippen LogP) is 4.54. The highest BCUT2D eigenvalue weighted by Gasteiger charge is 2.51. The fourth-order valence-corrected chi connectivity index (χ4v) is 7.24. The van der Waals surface area contributed by atoms with E-state index in [2.05, 4.69) is 5.09 Å². The van der Waals surface area contributed by atoms with Crippen LogP contribution in [0, 0.1) is 0 Å². The second kappa shape index (κ2) is 11.3. The third-order valence-electron chi connectivity index (χ3n) is 5.50. The summed E-state index contributed by atoms with van der Waals surface area (Å²) >= 11 is 0. The first-order chi connectivity index (χ1) is 15.0. The molecule has 0 bridgehead atoms. The van der Waals surface area contributed by atoms with Crippen molar-refractivity contribution in [2.75, 3.05) is 30.5 Å². The van der Waals surface area contributed by atoms with E-state index in [4.69, 9.17) is 18.0 Å². The molecule has 0 saturated carbocycles. The van der Waals surface area contributed by atoms with Crippen molar-refractivity contribution in [3.05, 3.63) is 30.3 Å². The molecule has 2 N–H and O–H groups in total. The highest BCUT2D eigenvalue weighted by Crippen LogP contribution is 2.53. The smallest absolute Gasteiger partial charge is 0.459 e. The number of ether oxygens (including phenoxy) is 1. The van der Waals surface area contributed by atoms with Crippen LogP contribution in [0.1, 0.15) is 34.6 Å². The van der Waals surface area contributed by atoms with Crippen LogP contribution in [0.3, 0.4) is 0 Å². The molecule has 5 atom stereocenters. The van der Waals surface area contributed by atoms with E-state index in [1.807, 2.05) is 20.8 Å². The molecule has 11 heteroatoms. The number of halogens is 1. The molecular formula is C21H35FNO7PS. The van der Waals surface area contributed by atoms with Gasteiger partial charge in [0.05, 0.1) is 13.2 Å². The van der Waals surface area contributed by atoms with Gasteiger partial charge in [-0.1, -0.05) is 39.0 Å². The minimum Gasteiger partial charge on any atom is -0.480 e. The topological polar surface area (TPSA) is 103 Å². The van der Waals surface area contributed by atoms with Gasteiger partial charge in [0.1, 0.15) is 24.0 Å². The zero-order valence-corrected chi connectivity index (χ0v) is 21.0. The van der Waals surface area contributed by atoms with E-state index in [-0.39, 0.29) is 19.0 Å². The molecule has 0 spiro atoms. The van der Waals surface area contributed by atoms with E-state index >= 15 is 4.39 Å². The largest absolute Gasteiger partial charge is 0.480 e. The Hall–Kier alpha value is -1.16. The van der Waals surface area contributed by atoms with E-state index in [9.17, 15) is 14.5 Å². The number of benzene rings is 1. The van der Waals surface area contributed by atoms with Gasteiger partial charge in [0.25, 0.3) is 0 Å². The van der Waals surface area contributed by atoms with Crippen LogP contribution < -0.4 is 9.61 Å². The van der Waals surface area contributed by atoms with E-state index in [1.54, 1.807) is 30.3 Å². The molecule has 1 saturated heterocycles. The number of rotatable bonds is 13. The number of nitrogens with one attached hydrogen (secondary N) is 1. The number of para-hydroxylation sites is 1. The molecule has 1 aliphatic heterocycles. The second-order valence-electron chi connectivity index (χ2n) is 7.86. The summed E-state index contributed by atoms with van der Waals surface area (Å²) in [5.74, 6) is 1.37. The van der Waals surface area contributed by atoms with Gasteiger partial charge in [0.15, 0.2) is 5.67 Å². The molecule has 1 unspecified atom stereocenters. The summed E-state index contributed by atoms with van der Waals surface area (Å²) in [6, 6.07) is 7.06. The Morgan fingerprint density at radius 1 is 1.31 bits per heavy atom. The number of alkyl halides is 1. The molecule has 8 nitrogen and oxygen atoms in total. The molecule has 0 amide bonds. The normalized spacial score (nSPS) is 26.9. The fraction of sp³-hybridized carbons (Fsp3) is 0.667. The SMILES string of the molecule is CCS(CC)(CC)O[C@@H]1[C@@H](COP(=O)(N[C@@H](C)C(=O)O)Oc2ccccc2)OC[C@]1(C)F. The Morgan fingerprint density at radius 2 is 1.91 bits per heavy atom. The summed E-state index contributed by atoms with van der Waals surface area (Å²) in [4.78, 5) is 11.3. The molecule has 184 valence electrons. The van der Waals surface area contributed by atoms with Gasteiger partial charge >= 0.3 is 13.7 Å². The minimum absolute atomic E-state index is 0.179. The standard InChI is InChI=1S/C21H35FNO7PS/c1-6-32(7-2,8-3)30-19-18(27-15-21(19,5)22)14-28-31(26,23-16(4)20(24)25)29-17-12-10-9-11-13-17/h9-13,16,18-19H,6-8,14-15H2,1-5H3,(H,23,26)(H,24,25)/t16-,18+,19+,21-,31?/m0/s1. The fourth-order valence-electron chi connectivity index (χ4n) is 3.34. The second-order valence-corrected chi connectivity index (χ2v) is 13.4. The van der Waals surface area contributed by atoms with Gasteiger partial charge in [0.2, 0.25) is 0 Å². The van der Waals surface area contributed by atoms with Crippen molar-refractivity contribution in [1.29, 1.82) is 0 Å². The molecule has 0 aromatic heterocycles. The molecule has 1 aromatic carbocycles. The summed E-state index contributed by atoms with van der Waals surface area (Å²) in [6.07, 6.45) is -1.73. The quantitative estimate of drug-likeness (QED) is 0.385. The van der Waals surface area contributed by atoms with Crippen LogP contribution in [0.5, 0.6) is 5.75 Å². The van der Waals surface area contributed by atoms with Crippen molar-refractivity contribution in [2.24, 2.45) is 0 Å². The Bertz CT molecular complexity index is 785. The number of carboxylic acids is 1. The highest BCUT2D eigenvalue weighted by molar-refractivity contribution is 8.29. The van der Waals surface area contributed by atoms with E-state index in [0.29, 0.717) is 0 Å². The predicted molar refractivity (Wildman–Crippen MR) is 124 cm³/mol. The monoisotopic (exact) mass is 495 g/mol. The Morgan fingerprint density at radius 3 is 2.44 bits per heavy atom. The Kier molecular flexibility index (Phi) is 9.58. The third kappa shape index (κ3) is 6.92. The lowest BCUT2D eigenvalue weighted by molar-refractivity contribution is -0.138. The molecule has 1 fully saturated rings. The van der Waals surface area contributed by atoms with Gasteiger partial charge in [-0.15, -0.1) is 10.3 Å². The van der Waals surface area contributed by atoms with Crippen LogP contribution in [-0.4, -0.2) is 65.5 Å². The van der Waals surface area contributed by atoms with E-state index in [1.165, 1.54) is 13.8 Å². The zero-order chi connectivity index (χ0) is 24.0. The molecule has 32 heavy (non-hydrogen) atoms. The molecule has 0 radical (unpaired) electrons. The molecule has 1 aromatic rings. The van der Waals surface area contributed by atoms with Crippen molar-refractivity contribution in [3.8, 4) is 5.75 Å². The van der Waals surface area contributed by atoms with Crippen molar-refractivity contribution in [1.82, 2.24) is 5.09 Å². The summed E-state index contributed by atoms with van der Waals surface area (Å²) < 4.78 is 51.7. The maximum atomic E-state index is 15.3. The molecule has 1 heterocycles. The number of carbonyl (C=O) groups is 1. The van der Waals surface area contributed by atoms with Crippen LogP contribution >= 0.6 is 18.1 Å². The van der Waals surface area contributed by atoms with Crippen molar-refractivity contribution in [3.63, 3.8) is 0 Å².